The van der Waals surface area contributed by atoms with Gasteiger partial charge >= 0.3 is 12.1 Å². The van der Waals surface area contributed by atoms with E-state index in [0.717, 1.165) is 22.3 Å². The number of aromatic nitrogens is 3. The van der Waals surface area contributed by atoms with Crippen molar-refractivity contribution in [2.24, 2.45) is 5.92 Å². The van der Waals surface area contributed by atoms with Crippen molar-refractivity contribution in [1.82, 2.24) is 19.9 Å². The summed E-state index contributed by atoms with van der Waals surface area (Å²) in [5, 5.41) is 20.0. The fourth-order valence-electron chi connectivity index (χ4n) is 5.60. The maximum Gasteiger partial charge on any atom is 0.423 e. The van der Waals surface area contributed by atoms with Gasteiger partial charge in [-0.25, -0.2) is 27.0 Å². The zero-order valence-electron chi connectivity index (χ0n) is 30.9. The lowest BCUT2D eigenvalue weighted by atomic mass is 9.99. The molecule has 2 amide bonds. The number of methoxy groups -OCH3 is 1. The average Bonchev–Trinajstić information content (AvgIpc) is 3.56. The van der Waals surface area contributed by atoms with Crippen molar-refractivity contribution in [2.45, 2.75) is 57.2 Å². The molecule has 0 bridgehead atoms. The summed E-state index contributed by atoms with van der Waals surface area (Å²) in [6.07, 6.45) is 1.23. The highest BCUT2D eigenvalue weighted by molar-refractivity contribution is 7.90. The predicted molar refractivity (Wildman–Crippen MR) is 207 cm³/mol. The largest absolute Gasteiger partial charge is 0.495 e. The second-order valence-corrected chi connectivity index (χ2v) is 14.8. The van der Waals surface area contributed by atoms with Crippen LogP contribution in [0.3, 0.4) is 0 Å². The highest BCUT2D eigenvalue weighted by Crippen LogP contribution is 2.36. The smallest absolute Gasteiger partial charge is 0.423 e. The number of aliphatic carboxylic acids is 1. The van der Waals surface area contributed by atoms with Gasteiger partial charge in [-0.2, -0.15) is 4.98 Å². The van der Waals surface area contributed by atoms with E-state index in [1.165, 1.54) is 48.9 Å². The van der Waals surface area contributed by atoms with Crippen LogP contribution in [0.5, 0.6) is 5.75 Å². The van der Waals surface area contributed by atoms with Gasteiger partial charge in [0.2, 0.25) is 5.91 Å². The Balaban J connectivity index is 0.00000673. The minimum absolute atomic E-state index is 0. The Kier molecular flexibility index (Phi) is 13.6. The van der Waals surface area contributed by atoms with Crippen LogP contribution < -0.4 is 20.3 Å². The van der Waals surface area contributed by atoms with Crippen molar-refractivity contribution in [3.63, 3.8) is 0 Å². The molecule has 55 heavy (non-hydrogen) atoms. The maximum absolute atomic E-state index is 13.9. The number of nitrogens with zero attached hydrogens (tertiary/aromatic N) is 4. The second-order valence-electron chi connectivity index (χ2n) is 12.8. The molecule has 17 heteroatoms. The average molecular weight is 797 g/mol. The zero-order chi connectivity index (χ0) is 39.3. The van der Waals surface area contributed by atoms with Gasteiger partial charge in [0, 0.05) is 29.8 Å². The summed E-state index contributed by atoms with van der Waals surface area (Å²) in [7, 11) is -2.33. The molecule has 3 aromatic carbocycles. The Bertz CT molecular complexity index is 2270. The number of fused-ring (bicyclic) bond motifs is 1. The van der Waals surface area contributed by atoms with Gasteiger partial charge in [0.15, 0.2) is 21.7 Å². The first kappa shape index (κ1) is 42.2. The molecule has 4 atom stereocenters. The van der Waals surface area contributed by atoms with E-state index < -0.39 is 40.1 Å². The first-order valence-corrected chi connectivity index (χ1v) is 18.9. The molecule has 0 radical (unpaired) electrons. The Labute approximate surface area is 324 Å². The molecule has 0 spiro atoms. The van der Waals surface area contributed by atoms with Crippen LogP contribution in [0, 0.1) is 11.7 Å². The van der Waals surface area contributed by atoms with Crippen LogP contribution in [0.1, 0.15) is 45.6 Å². The summed E-state index contributed by atoms with van der Waals surface area (Å²) in [5.74, 6) is -2.64. The fourth-order valence-corrected chi connectivity index (χ4v) is 6.24. The third-order valence-electron chi connectivity index (χ3n) is 8.94. The number of amides is 2. The summed E-state index contributed by atoms with van der Waals surface area (Å²) < 4.78 is 50.6. The number of anilines is 3. The molecule has 0 fully saturated rings. The minimum atomic E-state index is -3.64. The number of ether oxygens (including phenoxy) is 2. The number of rotatable bonds is 14. The summed E-state index contributed by atoms with van der Waals surface area (Å²) in [6, 6.07) is 19.3. The quantitative estimate of drug-likeness (QED) is 0.100. The molecule has 0 aliphatic heterocycles. The number of nitrogens with one attached hydrogen (secondary N) is 2. The van der Waals surface area contributed by atoms with Crippen molar-refractivity contribution in [3.05, 3.63) is 96.4 Å². The summed E-state index contributed by atoms with van der Waals surface area (Å²) in [4.78, 5) is 44.2. The van der Waals surface area contributed by atoms with Crippen LogP contribution in [-0.4, -0.2) is 71.7 Å². The molecule has 14 nitrogen and oxygen atoms in total. The Morgan fingerprint density at radius 1 is 0.964 bits per heavy atom. The Morgan fingerprint density at radius 3 is 2.22 bits per heavy atom. The Hall–Kier alpha value is -5.58. The van der Waals surface area contributed by atoms with Crippen LogP contribution in [0.15, 0.2) is 90.0 Å². The second kappa shape index (κ2) is 17.7. The topological polar surface area (TPSA) is 182 Å². The number of sulfone groups is 1. The van der Waals surface area contributed by atoms with Gasteiger partial charge in [-0.05, 0) is 79.4 Å². The molecular formula is C38H42ClFN6O8S. The zero-order valence-corrected chi connectivity index (χ0v) is 32.5. The van der Waals surface area contributed by atoms with Crippen molar-refractivity contribution in [1.29, 1.82) is 0 Å². The lowest BCUT2D eigenvalue weighted by Gasteiger charge is -2.27. The van der Waals surface area contributed by atoms with E-state index in [4.69, 9.17) is 9.47 Å². The Morgan fingerprint density at radius 2 is 1.62 bits per heavy atom. The molecule has 5 rings (SSSR count). The van der Waals surface area contributed by atoms with Gasteiger partial charge < -0.3 is 19.9 Å². The molecule has 1 unspecified atom stereocenters. The van der Waals surface area contributed by atoms with Crippen molar-refractivity contribution in [3.8, 4) is 16.9 Å². The van der Waals surface area contributed by atoms with E-state index in [-0.39, 0.29) is 52.3 Å². The normalized spacial score (nSPS) is 13.5. The fraction of sp³-hybridized carbons (Fsp3) is 0.289. The molecule has 292 valence electrons. The number of halogens is 2. The molecular weight excluding hydrogens is 755 g/mol. The number of benzene rings is 3. The van der Waals surface area contributed by atoms with E-state index in [2.05, 4.69) is 20.7 Å². The number of carboxylic acids is 1. The van der Waals surface area contributed by atoms with Crippen LogP contribution in [0.4, 0.5) is 26.5 Å². The van der Waals surface area contributed by atoms with E-state index in [1.807, 2.05) is 19.1 Å². The summed E-state index contributed by atoms with van der Waals surface area (Å²) in [5.41, 5.74) is 3.17. The number of pyridine rings is 1. The molecule has 0 aliphatic rings. The lowest BCUT2D eigenvalue weighted by Crippen LogP contribution is -2.48. The first-order chi connectivity index (χ1) is 25.6. The molecule has 5 aromatic rings. The third kappa shape index (κ3) is 9.95. The third-order valence-corrected chi connectivity index (χ3v) is 10.1. The monoisotopic (exact) mass is 796 g/mol. The molecule has 3 N–H and O–H groups in total. The van der Waals surface area contributed by atoms with Gasteiger partial charge in [-0.15, -0.1) is 17.5 Å². The number of hydrogen-bond donors (Lipinski definition) is 3. The highest BCUT2D eigenvalue weighted by Gasteiger charge is 2.31. The van der Waals surface area contributed by atoms with Crippen LogP contribution in [-0.2, 0) is 24.2 Å². The molecule has 2 heterocycles. The van der Waals surface area contributed by atoms with Gasteiger partial charge in [-0.3, -0.25) is 14.9 Å². The lowest BCUT2D eigenvalue weighted by molar-refractivity contribution is -0.142. The number of hydrogen-bond acceptors (Lipinski definition) is 10. The molecule has 0 saturated carbocycles. The summed E-state index contributed by atoms with van der Waals surface area (Å²) >= 11 is 0. The SMILES string of the molecule is CC[C@H](C)[C@H](NC(C)OC(=O)N(c1nc2ccc(-c3ccc(NC(=O)[C@H](C)c4ccc(F)cc4)cc3)cn2n1)c1ccc(S(C)(=O)=O)cc1OC)C(=O)O.Cl. The number of carboxylic acid groups (broad SMARTS) is 1. The number of carbonyl (C=O) groups is 3. The molecule has 0 saturated heterocycles. The van der Waals surface area contributed by atoms with Crippen molar-refractivity contribution in [2.75, 3.05) is 23.6 Å². The summed E-state index contributed by atoms with van der Waals surface area (Å²) in [6.45, 7) is 6.84. The van der Waals surface area contributed by atoms with Gasteiger partial charge in [0.25, 0.3) is 5.95 Å². The standard InChI is InChI=1S/C38H41FN6O8S.ClH/c1-7-22(2)34(36(47)48)40-24(4)53-38(49)45(31-18-17-30(54(6,50)51)20-32(31)52-5)37-42-33-19-12-27(21-44(33)43-37)26-10-15-29(16-11-26)41-35(46)23(3)25-8-13-28(39)14-9-25;/h8-24,34,40H,7H2,1-6H3,(H,41,46)(H,47,48);1H/t22-,23+,24?,34-;/m0./s1. The van der Waals surface area contributed by atoms with Crippen molar-refractivity contribution >= 4 is 63.2 Å². The van der Waals surface area contributed by atoms with Crippen LogP contribution >= 0.6 is 12.4 Å². The van der Waals surface area contributed by atoms with Crippen molar-refractivity contribution < 1.29 is 41.8 Å². The van der Waals surface area contributed by atoms with Gasteiger partial charge in [0.05, 0.1) is 23.6 Å². The predicted octanol–water partition coefficient (Wildman–Crippen LogP) is 6.82. The van der Waals surface area contributed by atoms with E-state index in [0.29, 0.717) is 23.3 Å². The van der Waals surface area contributed by atoms with Gasteiger partial charge in [-0.1, -0.05) is 44.5 Å². The molecule has 0 aliphatic carbocycles. The number of carbonyl (C=O) groups excluding carboxylic acids is 2. The van der Waals surface area contributed by atoms with E-state index in [1.54, 1.807) is 56.4 Å². The first-order valence-electron chi connectivity index (χ1n) is 17.0. The van der Waals surface area contributed by atoms with Gasteiger partial charge in [0.1, 0.15) is 17.6 Å². The van der Waals surface area contributed by atoms with Crippen LogP contribution in [0.2, 0.25) is 0 Å². The van der Waals surface area contributed by atoms with Crippen LogP contribution in [0.25, 0.3) is 16.8 Å². The maximum atomic E-state index is 13.9. The highest BCUT2D eigenvalue weighted by atomic mass is 35.5. The van der Waals surface area contributed by atoms with E-state index >= 15 is 0 Å². The molecule has 2 aromatic heterocycles. The minimum Gasteiger partial charge on any atom is -0.495 e. The van der Waals surface area contributed by atoms with E-state index in [9.17, 15) is 32.3 Å².